The second-order valence-corrected chi connectivity index (χ2v) is 13.2. The molecule has 0 aliphatic carbocycles. The van der Waals surface area contributed by atoms with Crippen molar-refractivity contribution in [1.29, 1.82) is 0 Å². The highest BCUT2D eigenvalue weighted by Gasteiger charge is 2.36. The number of carbonyl (C=O) groups is 2. The summed E-state index contributed by atoms with van der Waals surface area (Å²) < 4.78 is 34.1. The van der Waals surface area contributed by atoms with Crippen LogP contribution in [-0.2, 0) is 14.8 Å². The summed E-state index contributed by atoms with van der Waals surface area (Å²) in [7, 11) is 1.65. The highest BCUT2D eigenvalue weighted by molar-refractivity contribution is 7.91. The fraction of sp³-hybridized carbons (Fsp3) is 0.538. The molecule has 0 saturated heterocycles. The maximum atomic E-state index is 13.6. The fourth-order valence-electron chi connectivity index (χ4n) is 4.24. The van der Waals surface area contributed by atoms with E-state index >= 15 is 0 Å². The lowest BCUT2D eigenvalue weighted by molar-refractivity contribution is -0.116. The topological polar surface area (TPSA) is 119 Å². The van der Waals surface area contributed by atoms with Gasteiger partial charge in [0.1, 0.15) is 10.3 Å². The van der Waals surface area contributed by atoms with E-state index in [1.807, 2.05) is 25.9 Å². The molecular weight excluding hydrogens is 528 g/mol. The van der Waals surface area contributed by atoms with Crippen LogP contribution in [0, 0.1) is 5.92 Å². The van der Waals surface area contributed by atoms with Crippen LogP contribution in [0.5, 0.6) is 5.75 Å². The molecule has 10 nitrogen and oxygen atoms in total. The summed E-state index contributed by atoms with van der Waals surface area (Å²) >= 11 is 1.14. The molecule has 2 aromatic rings. The highest BCUT2D eigenvalue weighted by Crippen LogP contribution is 2.35. The van der Waals surface area contributed by atoms with Crippen LogP contribution in [0.25, 0.3) is 0 Å². The highest BCUT2D eigenvalue weighted by atomic mass is 32.2. The Hall–Kier alpha value is -2.51. The number of nitrogens with one attached hydrogen (secondary N) is 1. The van der Waals surface area contributed by atoms with Crippen molar-refractivity contribution in [3.63, 3.8) is 0 Å². The van der Waals surface area contributed by atoms with E-state index in [1.165, 1.54) is 11.4 Å². The average molecular weight is 567 g/mol. The Balaban J connectivity index is 1.96. The number of hydrogen-bond acceptors (Lipinski definition) is 8. The molecule has 0 spiro atoms. The number of thiophene rings is 1. The lowest BCUT2D eigenvalue weighted by atomic mass is 9.99. The molecule has 12 heteroatoms. The predicted molar refractivity (Wildman–Crippen MR) is 148 cm³/mol. The Labute approximate surface area is 229 Å². The SMILES string of the molecule is C[C@H](CO)N1C[C@H](C)[C@@H](CN(C)S(=O)(=O)c2cccs2)Oc2c(NC(=O)CCCN(C)C)cccc2C1=O. The molecule has 0 fully saturated rings. The lowest BCUT2D eigenvalue weighted by Crippen LogP contribution is -2.50. The maximum Gasteiger partial charge on any atom is 0.258 e. The second-order valence-electron chi connectivity index (χ2n) is 9.98. The number of nitrogens with zero attached hydrogens (tertiary/aromatic N) is 3. The Kier molecular flexibility index (Phi) is 10.3. The predicted octanol–water partition coefficient (Wildman–Crippen LogP) is 2.57. The van der Waals surface area contributed by atoms with E-state index in [2.05, 4.69) is 5.32 Å². The van der Waals surface area contributed by atoms with E-state index in [4.69, 9.17) is 4.74 Å². The molecule has 2 heterocycles. The van der Waals surface area contributed by atoms with E-state index in [-0.39, 0.29) is 53.0 Å². The fourth-order valence-corrected chi connectivity index (χ4v) is 6.63. The number of rotatable bonds is 11. The van der Waals surface area contributed by atoms with Crippen LogP contribution in [0.3, 0.4) is 0 Å². The van der Waals surface area contributed by atoms with Crippen LogP contribution in [-0.4, -0.2) is 99.0 Å². The van der Waals surface area contributed by atoms with Gasteiger partial charge in [0, 0.05) is 25.9 Å². The molecule has 38 heavy (non-hydrogen) atoms. The van der Waals surface area contributed by atoms with Crippen LogP contribution in [0.15, 0.2) is 39.9 Å². The van der Waals surface area contributed by atoms with Gasteiger partial charge < -0.3 is 25.0 Å². The van der Waals surface area contributed by atoms with Gasteiger partial charge in [-0.15, -0.1) is 11.3 Å². The number of sulfonamides is 1. The number of ether oxygens (including phenoxy) is 1. The largest absolute Gasteiger partial charge is 0.486 e. The van der Waals surface area contributed by atoms with Crippen molar-refractivity contribution < 1.29 is 27.9 Å². The Morgan fingerprint density at radius 2 is 2.00 bits per heavy atom. The molecule has 1 aromatic heterocycles. The number of anilines is 1. The zero-order chi connectivity index (χ0) is 28.0. The summed E-state index contributed by atoms with van der Waals surface area (Å²) in [5, 5.41) is 14.4. The minimum atomic E-state index is -3.73. The molecule has 0 unspecified atom stereocenters. The number of para-hydroxylation sites is 1. The van der Waals surface area contributed by atoms with Crippen molar-refractivity contribution in [2.75, 3.05) is 52.7 Å². The molecule has 0 saturated carbocycles. The summed E-state index contributed by atoms with van der Waals surface area (Å²) in [4.78, 5) is 29.9. The molecule has 210 valence electrons. The Morgan fingerprint density at radius 1 is 1.26 bits per heavy atom. The standard InChI is InChI=1S/C26H38N4O6S2/c1-18-15-30(19(2)17-31)26(33)20-9-6-10-21(27-23(32)11-7-13-28(3)4)25(20)36-22(18)16-29(5)38(34,35)24-12-8-14-37-24/h6,8-10,12,14,18-19,22,31H,7,11,13,15-17H2,1-5H3,(H,27,32)/t18-,19+,22+/m0/s1. The normalized spacial score (nSPS) is 19.1. The van der Waals surface area contributed by atoms with E-state index in [0.717, 1.165) is 17.9 Å². The number of benzene rings is 1. The minimum Gasteiger partial charge on any atom is -0.486 e. The van der Waals surface area contributed by atoms with Crippen LogP contribution >= 0.6 is 11.3 Å². The van der Waals surface area contributed by atoms with Crippen molar-refractivity contribution >= 4 is 38.9 Å². The first kappa shape index (κ1) is 30.0. The third-order valence-corrected chi connectivity index (χ3v) is 9.77. The second kappa shape index (κ2) is 13.0. The quantitative estimate of drug-likeness (QED) is 0.429. The lowest BCUT2D eigenvalue weighted by Gasteiger charge is -2.38. The van der Waals surface area contributed by atoms with Gasteiger partial charge in [0.15, 0.2) is 5.75 Å². The van der Waals surface area contributed by atoms with Crippen molar-refractivity contribution in [2.45, 2.75) is 43.0 Å². The van der Waals surface area contributed by atoms with Crippen LogP contribution < -0.4 is 10.1 Å². The average Bonchev–Trinajstić information content (AvgIpc) is 3.42. The first-order chi connectivity index (χ1) is 17.9. The minimum absolute atomic E-state index is 0.0293. The molecule has 0 bridgehead atoms. The zero-order valence-corrected chi connectivity index (χ0v) is 24.2. The monoisotopic (exact) mass is 566 g/mol. The van der Waals surface area contributed by atoms with Gasteiger partial charge in [-0.3, -0.25) is 9.59 Å². The van der Waals surface area contributed by atoms with Gasteiger partial charge in [0.25, 0.3) is 15.9 Å². The number of fused-ring (bicyclic) bond motifs is 1. The molecule has 3 rings (SSSR count). The molecule has 1 aliphatic rings. The van der Waals surface area contributed by atoms with E-state index in [0.29, 0.717) is 18.5 Å². The zero-order valence-electron chi connectivity index (χ0n) is 22.6. The third-order valence-electron chi connectivity index (χ3n) is 6.57. The van der Waals surface area contributed by atoms with Crippen molar-refractivity contribution in [2.24, 2.45) is 5.92 Å². The van der Waals surface area contributed by atoms with Crippen LogP contribution in [0.2, 0.25) is 0 Å². The molecule has 3 atom stereocenters. The molecule has 1 aliphatic heterocycles. The van der Waals surface area contributed by atoms with Crippen molar-refractivity contribution in [1.82, 2.24) is 14.1 Å². The maximum absolute atomic E-state index is 13.6. The van der Waals surface area contributed by atoms with Gasteiger partial charge in [-0.1, -0.05) is 19.1 Å². The first-order valence-corrected chi connectivity index (χ1v) is 14.9. The number of carbonyl (C=O) groups excluding carboxylic acids is 2. The van der Waals surface area contributed by atoms with Gasteiger partial charge in [-0.2, -0.15) is 4.31 Å². The van der Waals surface area contributed by atoms with Gasteiger partial charge >= 0.3 is 0 Å². The van der Waals surface area contributed by atoms with Crippen molar-refractivity contribution in [3.05, 3.63) is 41.3 Å². The summed E-state index contributed by atoms with van der Waals surface area (Å²) in [6.07, 6.45) is 0.327. The number of amides is 2. The molecule has 1 aromatic carbocycles. The smallest absolute Gasteiger partial charge is 0.258 e. The summed E-state index contributed by atoms with van der Waals surface area (Å²) in [6.45, 7) is 4.46. The number of aliphatic hydroxyl groups is 1. The van der Waals surface area contributed by atoms with E-state index in [1.54, 1.807) is 47.5 Å². The Bertz CT molecular complexity index is 1200. The molecule has 0 radical (unpaired) electrons. The van der Waals surface area contributed by atoms with Crippen LogP contribution in [0.1, 0.15) is 37.0 Å². The van der Waals surface area contributed by atoms with Gasteiger partial charge in [0.2, 0.25) is 5.91 Å². The van der Waals surface area contributed by atoms with E-state index in [9.17, 15) is 23.1 Å². The summed E-state index contributed by atoms with van der Waals surface area (Å²) in [5.41, 5.74) is 0.599. The molecular formula is C26H38N4O6S2. The van der Waals surface area contributed by atoms with Crippen molar-refractivity contribution in [3.8, 4) is 5.75 Å². The van der Waals surface area contributed by atoms with Gasteiger partial charge in [0.05, 0.1) is 30.4 Å². The number of likely N-dealkylation sites (N-methyl/N-ethyl adjacent to an activating group) is 1. The van der Waals surface area contributed by atoms with E-state index < -0.39 is 22.2 Å². The molecule has 2 N–H and O–H groups in total. The number of aliphatic hydroxyl groups excluding tert-OH is 1. The molecule has 2 amide bonds. The Morgan fingerprint density at radius 3 is 2.63 bits per heavy atom. The van der Waals surface area contributed by atoms with Gasteiger partial charge in [-0.25, -0.2) is 8.42 Å². The third kappa shape index (κ3) is 7.11. The van der Waals surface area contributed by atoms with Crippen LogP contribution in [0.4, 0.5) is 5.69 Å². The summed E-state index contributed by atoms with van der Waals surface area (Å²) in [5.74, 6) is -0.617. The first-order valence-electron chi connectivity index (χ1n) is 12.6. The number of hydrogen-bond donors (Lipinski definition) is 2. The summed E-state index contributed by atoms with van der Waals surface area (Å²) in [6, 6.07) is 7.74. The van der Waals surface area contributed by atoms with Gasteiger partial charge in [-0.05, 0) is 57.6 Å².